The number of carbonyl (C=O) groups is 1. The fraction of sp³-hybridized carbons (Fsp3) is 0.316. The molecule has 3 rings (SSSR count). The van der Waals surface area contributed by atoms with Gasteiger partial charge in [-0.25, -0.2) is 13.8 Å². The molecule has 0 atom stereocenters. The Kier molecular flexibility index (Phi) is 5.65. The number of fused-ring (bicyclic) bond motifs is 1. The molecule has 2 heterocycles. The van der Waals surface area contributed by atoms with Crippen molar-refractivity contribution in [1.29, 1.82) is 0 Å². The molecule has 2 aromatic heterocycles. The van der Waals surface area contributed by atoms with E-state index in [0.29, 0.717) is 33.3 Å². The molecular formula is C19H19F2N3O2S. The molecule has 0 saturated carbocycles. The SMILES string of the molecule is CCNC(=O)c1c(C)sc2nc(Cc3ccc(F)cc3CCF)cc(=O)n12. The Morgan fingerprint density at radius 2 is 2.07 bits per heavy atom. The van der Waals surface area contributed by atoms with Gasteiger partial charge in [-0.15, -0.1) is 11.3 Å². The molecule has 0 aliphatic carbocycles. The Labute approximate surface area is 158 Å². The maximum atomic E-state index is 13.4. The van der Waals surface area contributed by atoms with Crippen LogP contribution in [0.25, 0.3) is 4.96 Å². The number of amides is 1. The average molecular weight is 391 g/mol. The van der Waals surface area contributed by atoms with E-state index in [4.69, 9.17) is 0 Å². The molecule has 8 heteroatoms. The van der Waals surface area contributed by atoms with E-state index in [-0.39, 0.29) is 24.3 Å². The molecule has 0 aliphatic rings. The maximum Gasteiger partial charge on any atom is 0.269 e. The summed E-state index contributed by atoms with van der Waals surface area (Å²) in [5.74, 6) is -0.743. The van der Waals surface area contributed by atoms with Gasteiger partial charge in [0.05, 0.1) is 12.4 Å². The van der Waals surface area contributed by atoms with E-state index in [1.165, 1.54) is 33.9 Å². The lowest BCUT2D eigenvalue weighted by atomic mass is 10.0. The van der Waals surface area contributed by atoms with Crippen LogP contribution in [0.4, 0.5) is 8.78 Å². The van der Waals surface area contributed by atoms with Gasteiger partial charge in [-0.05, 0) is 37.1 Å². The smallest absolute Gasteiger partial charge is 0.269 e. The maximum absolute atomic E-state index is 13.4. The van der Waals surface area contributed by atoms with Crippen LogP contribution in [-0.4, -0.2) is 28.5 Å². The van der Waals surface area contributed by atoms with Gasteiger partial charge >= 0.3 is 0 Å². The zero-order valence-electron chi connectivity index (χ0n) is 15.0. The molecule has 0 spiro atoms. The van der Waals surface area contributed by atoms with Crippen molar-refractivity contribution in [3.05, 3.63) is 67.8 Å². The molecule has 5 nitrogen and oxygen atoms in total. The lowest BCUT2D eigenvalue weighted by Crippen LogP contribution is -2.28. The Bertz CT molecular complexity index is 1060. The predicted octanol–water partition coefficient (Wildman–Crippen LogP) is 3.06. The second-order valence-electron chi connectivity index (χ2n) is 6.10. The summed E-state index contributed by atoms with van der Waals surface area (Å²) < 4.78 is 27.5. The Morgan fingerprint density at radius 3 is 2.78 bits per heavy atom. The average Bonchev–Trinajstić information content (AvgIpc) is 2.94. The summed E-state index contributed by atoms with van der Waals surface area (Å²) in [6.07, 6.45) is 0.391. The lowest BCUT2D eigenvalue weighted by molar-refractivity contribution is 0.0949. The predicted molar refractivity (Wildman–Crippen MR) is 101 cm³/mol. The molecule has 0 radical (unpaired) electrons. The van der Waals surface area contributed by atoms with Gasteiger partial charge in [-0.2, -0.15) is 0 Å². The van der Waals surface area contributed by atoms with Crippen molar-refractivity contribution < 1.29 is 13.6 Å². The Balaban J connectivity index is 2.04. The Morgan fingerprint density at radius 1 is 1.30 bits per heavy atom. The lowest BCUT2D eigenvalue weighted by Gasteiger charge is -2.09. The van der Waals surface area contributed by atoms with Crippen molar-refractivity contribution >= 4 is 22.2 Å². The minimum atomic E-state index is -0.592. The first-order valence-electron chi connectivity index (χ1n) is 8.58. The number of nitrogens with one attached hydrogen (secondary N) is 1. The van der Waals surface area contributed by atoms with Crippen LogP contribution >= 0.6 is 11.3 Å². The fourth-order valence-corrected chi connectivity index (χ4v) is 4.01. The summed E-state index contributed by atoms with van der Waals surface area (Å²) in [5.41, 5.74) is 1.72. The molecule has 3 aromatic rings. The molecule has 0 saturated heterocycles. The summed E-state index contributed by atoms with van der Waals surface area (Å²) in [6, 6.07) is 5.57. The standard InChI is InChI=1S/C19H19F2N3O2S/c1-3-22-18(26)17-11(2)27-19-23-15(10-16(25)24(17)19)9-12-4-5-14(21)8-13(12)6-7-20/h4-5,8,10H,3,6-7,9H2,1-2H3,(H,22,26). The number of rotatable bonds is 6. The zero-order valence-corrected chi connectivity index (χ0v) is 15.8. The van der Waals surface area contributed by atoms with Crippen LogP contribution in [-0.2, 0) is 12.8 Å². The number of alkyl halides is 1. The molecule has 1 aromatic carbocycles. The number of hydrogen-bond donors (Lipinski definition) is 1. The highest BCUT2D eigenvalue weighted by atomic mass is 32.1. The van der Waals surface area contributed by atoms with Crippen LogP contribution in [0, 0.1) is 12.7 Å². The molecule has 0 fully saturated rings. The quantitative estimate of drug-likeness (QED) is 0.703. The van der Waals surface area contributed by atoms with Gasteiger partial charge in [-0.3, -0.25) is 14.0 Å². The summed E-state index contributed by atoms with van der Waals surface area (Å²) in [7, 11) is 0. The van der Waals surface area contributed by atoms with Crippen LogP contribution in [0.2, 0.25) is 0 Å². The number of benzene rings is 1. The largest absolute Gasteiger partial charge is 0.351 e. The highest BCUT2D eigenvalue weighted by molar-refractivity contribution is 7.17. The van der Waals surface area contributed by atoms with Gasteiger partial charge in [0.15, 0.2) is 4.96 Å². The summed E-state index contributed by atoms with van der Waals surface area (Å²) in [5, 5.41) is 2.70. The molecule has 1 amide bonds. The highest BCUT2D eigenvalue weighted by Crippen LogP contribution is 2.21. The van der Waals surface area contributed by atoms with Crippen molar-refractivity contribution in [2.24, 2.45) is 0 Å². The second-order valence-corrected chi connectivity index (χ2v) is 7.28. The van der Waals surface area contributed by atoms with E-state index < -0.39 is 12.5 Å². The van der Waals surface area contributed by atoms with Crippen molar-refractivity contribution in [2.45, 2.75) is 26.7 Å². The van der Waals surface area contributed by atoms with E-state index in [2.05, 4.69) is 10.3 Å². The summed E-state index contributed by atoms with van der Waals surface area (Å²) in [6.45, 7) is 3.43. The van der Waals surface area contributed by atoms with E-state index in [0.717, 1.165) is 5.56 Å². The Hall–Kier alpha value is -2.61. The molecule has 0 bridgehead atoms. The molecular weight excluding hydrogens is 372 g/mol. The third-order valence-corrected chi connectivity index (χ3v) is 5.15. The molecule has 1 N–H and O–H groups in total. The topological polar surface area (TPSA) is 63.5 Å². The van der Waals surface area contributed by atoms with E-state index in [1.54, 1.807) is 19.9 Å². The molecule has 0 unspecified atom stereocenters. The molecule has 142 valence electrons. The van der Waals surface area contributed by atoms with Crippen molar-refractivity contribution in [1.82, 2.24) is 14.7 Å². The van der Waals surface area contributed by atoms with Gasteiger partial charge < -0.3 is 5.32 Å². The van der Waals surface area contributed by atoms with Gasteiger partial charge in [0.25, 0.3) is 11.5 Å². The van der Waals surface area contributed by atoms with E-state index >= 15 is 0 Å². The van der Waals surface area contributed by atoms with Crippen LogP contribution in [0.5, 0.6) is 0 Å². The fourth-order valence-electron chi connectivity index (χ4n) is 3.02. The first-order valence-corrected chi connectivity index (χ1v) is 9.39. The van der Waals surface area contributed by atoms with Crippen LogP contribution < -0.4 is 10.9 Å². The van der Waals surface area contributed by atoms with Gasteiger partial charge in [0.2, 0.25) is 0 Å². The van der Waals surface area contributed by atoms with Crippen LogP contribution in [0.15, 0.2) is 29.1 Å². The minimum absolute atomic E-state index is 0.105. The van der Waals surface area contributed by atoms with Gasteiger partial charge in [0.1, 0.15) is 11.5 Å². The number of hydrogen-bond acceptors (Lipinski definition) is 4. The number of carbonyl (C=O) groups excluding carboxylic acids is 1. The first-order chi connectivity index (χ1) is 12.9. The number of halogens is 2. The van der Waals surface area contributed by atoms with Gasteiger partial charge in [0, 0.05) is 30.3 Å². The highest BCUT2D eigenvalue weighted by Gasteiger charge is 2.19. The monoisotopic (exact) mass is 391 g/mol. The minimum Gasteiger partial charge on any atom is -0.351 e. The number of aromatic nitrogens is 2. The second kappa shape index (κ2) is 7.96. The van der Waals surface area contributed by atoms with E-state index in [1.807, 2.05) is 0 Å². The normalized spacial score (nSPS) is 11.1. The number of nitrogens with zero attached hydrogens (tertiary/aromatic N) is 2. The van der Waals surface area contributed by atoms with Crippen LogP contribution in [0.3, 0.4) is 0 Å². The van der Waals surface area contributed by atoms with Crippen molar-refractivity contribution in [2.75, 3.05) is 13.2 Å². The molecule has 0 aliphatic heterocycles. The third-order valence-electron chi connectivity index (χ3n) is 4.20. The number of thiazole rings is 1. The van der Waals surface area contributed by atoms with Crippen molar-refractivity contribution in [3.8, 4) is 0 Å². The summed E-state index contributed by atoms with van der Waals surface area (Å²) in [4.78, 5) is 30.5. The van der Waals surface area contributed by atoms with Crippen LogP contribution in [0.1, 0.15) is 39.1 Å². The van der Waals surface area contributed by atoms with Gasteiger partial charge in [-0.1, -0.05) is 6.07 Å². The number of aryl methyl sites for hydroxylation is 2. The third kappa shape index (κ3) is 3.90. The first kappa shape index (κ1) is 19.2. The summed E-state index contributed by atoms with van der Waals surface area (Å²) >= 11 is 1.26. The zero-order chi connectivity index (χ0) is 19.6. The van der Waals surface area contributed by atoms with E-state index in [9.17, 15) is 18.4 Å². The molecule has 27 heavy (non-hydrogen) atoms. The van der Waals surface area contributed by atoms with Crippen molar-refractivity contribution in [3.63, 3.8) is 0 Å².